The van der Waals surface area contributed by atoms with Crippen molar-refractivity contribution < 1.29 is 42.1 Å². The van der Waals surface area contributed by atoms with Crippen molar-refractivity contribution in [2.45, 2.75) is 31.9 Å². The molecule has 0 bridgehead atoms. The number of amides is 3. The van der Waals surface area contributed by atoms with Crippen LogP contribution >= 0.6 is 11.3 Å². The summed E-state index contributed by atoms with van der Waals surface area (Å²) in [7, 11) is -4.93. The van der Waals surface area contributed by atoms with Gasteiger partial charge in [-0.3, -0.25) is 14.1 Å². The lowest BCUT2D eigenvalue weighted by atomic mass is 9.84. The topological polar surface area (TPSA) is 222 Å². The van der Waals surface area contributed by atoms with Gasteiger partial charge in [-0.2, -0.15) is 8.42 Å². The second kappa shape index (κ2) is 9.15. The van der Waals surface area contributed by atoms with E-state index in [1.807, 2.05) is 0 Å². The van der Waals surface area contributed by atoms with Crippen molar-refractivity contribution in [2.24, 2.45) is 11.1 Å². The molecule has 15 nitrogen and oxygen atoms in total. The molecule has 34 heavy (non-hydrogen) atoms. The van der Waals surface area contributed by atoms with Gasteiger partial charge in [0.1, 0.15) is 5.69 Å². The molecule has 2 aliphatic heterocycles. The van der Waals surface area contributed by atoms with Gasteiger partial charge in [-0.25, -0.2) is 18.9 Å². The van der Waals surface area contributed by atoms with Crippen LogP contribution in [-0.2, 0) is 29.5 Å². The fourth-order valence-electron chi connectivity index (χ4n) is 3.33. The Hall–Kier alpha value is -3.31. The van der Waals surface area contributed by atoms with Gasteiger partial charge in [0.2, 0.25) is 11.5 Å². The third-order valence-electron chi connectivity index (χ3n) is 5.22. The largest absolute Gasteiger partial charge is 0.478 e. The van der Waals surface area contributed by atoms with E-state index in [-0.39, 0.29) is 28.2 Å². The van der Waals surface area contributed by atoms with Crippen molar-refractivity contribution >= 4 is 56.2 Å². The minimum absolute atomic E-state index is 0.0254. The number of anilines is 1. The Kier molecular flexibility index (Phi) is 6.81. The minimum atomic E-state index is -4.93. The van der Waals surface area contributed by atoms with Crippen molar-refractivity contribution in [1.82, 2.24) is 19.5 Å². The maximum absolute atomic E-state index is 13.1. The van der Waals surface area contributed by atoms with E-state index < -0.39 is 63.7 Å². The van der Waals surface area contributed by atoms with Gasteiger partial charge >= 0.3 is 22.3 Å². The molecule has 1 aromatic rings. The van der Waals surface area contributed by atoms with Gasteiger partial charge in [0, 0.05) is 31.4 Å². The summed E-state index contributed by atoms with van der Waals surface area (Å²) in [6, 6.07) is -1.68. The Morgan fingerprint density at radius 3 is 2.59 bits per heavy atom. The number of urea groups is 1. The summed E-state index contributed by atoms with van der Waals surface area (Å²) in [5.74, 6) is -4.42. The molecule has 2 atom stereocenters. The second-order valence-electron chi connectivity index (χ2n) is 8.01. The standard InChI is InChI=1S/C17H22N6O9S2/c1-17(2,14(26)27)32-21-12(9-7-33-15(18)20-9)11(24)5-8-10(6-22-4-3-19-16(22)28)23(13(8)25)34(29,30)31/h7-8,10H,3-6H2,1-2H3,(H2,18,20)(H,19,28)(H,26,27)(H,29,30,31)/b21-12-/t8-,10+/m0/s1. The number of hydrogen-bond acceptors (Lipinski definition) is 11. The Labute approximate surface area is 197 Å². The van der Waals surface area contributed by atoms with Crippen molar-refractivity contribution in [3.63, 3.8) is 0 Å². The van der Waals surface area contributed by atoms with E-state index in [0.29, 0.717) is 6.54 Å². The molecule has 0 unspecified atom stereocenters. The number of nitrogens with two attached hydrogens (primary N) is 1. The summed E-state index contributed by atoms with van der Waals surface area (Å²) >= 11 is 0.978. The quantitative estimate of drug-likeness (QED) is 0.126. The highest BCUT2D eigenvalue weighted by atomic mass is 32.2. The van der Waals surface area contributed by atoms with E-state index in [1.54, 1.807) is 0 Å². The van der Waals surface area contributed by atoms with E-state index in [2.05, 4.69) is 15.5 Å². The average molecular weight is 519 g/mol. The van der Waals surface area contributed by atoms with Gasteiger partial charge in [0.25, 0.3) is 0 Å². The van der Waals surface area contributed by atoms with Crippen LogP contribution in [0.4, 0.5) is 9.93 Å². The lowest BCUT2D eigenvalue weighted by molar-refractivity contribution is -0.161. The normalized spacial score (nSPS) is 21.3. The number of aromatic nitrogens is 1. The number of nitrogens with zero attached hydrogens (tertiary/aromatic N) is 4. The molecule has 5 N–H and O–H groups in total. The molecule has 2 saturated heterocycles. The minimum Gasteiger partial charge on any atom is -0.478 e. The zero-order valence-corrected chi connectivity index (χ0v) is 19.6. The Balaban J connectivity index is 1.87. The van der Waals surface area contributed by atoms with E-state index in [1.165, 1.54) is 24.1 Å². The van der Waals surface area contributed by atoms with E-state index in [0.717, 1.165) is 11.3 Å². The van der Waals surface area contributed by atoms with Crippen LogP contribution < -0.4 is 11.1 Å². The summed E-state index contributed by atoms with van der Waals surface area (Å²) in [5, 5.41) is 16.9. The average Bonchev–Trinajstić information content (AvgIpc) is 3.32. The number of hydrogen-bond donors (Lipinski definition) is 4. The number of carbonyl (C=O) groups excluding carboxylic acids is 3. The summed E-state index contributed by atoms with van der Waals surface area (Å²) in [6.45, 7) is 2.72. The summed E-state index contributed by atoms with van der Waals surface area (Å²) < 4.78 is 33.0. The smallest absolute Gasteiger partial charge is 0.362 e. The van der Waals surface area contributed by atoms with Gasteiger partial charge in [0.05, 0.1) is 12.0 Å². The van der Waals surface area contributed by atoms with Gasteiger partial charge < -0.3 is 25.9 Å². The third-order valence-corrected chi connectivity index (χ3v) is 6.84. The van der Waals surface area contributed by atoms with Crippen LogP contribution in [0.1, 0.15) is 26.0 Å². The Morgan fingerprint density at radius 2 is 2.09 bits per heavy atom. The molecule has 0 aromatic carbocycles. The molecule has 3 amide bonds. The SMILES string of the molecule is CC(C)(O/N=C(\C(=O)C[C@@H]1C(=O)N(S(=O)(=O)O)[C@@H]1CN1CCNC1=O)c1csc(N)n1)C(=O)O. The molecular formula is C17H22N6O9S2. The van der Waals surface area contributed by atoms with Crippen LogP contribution in [0.15, 0.2) is 10.5 Å². The summed E-state index contributed by atoms with van der Waals surface area (Å²) in [5.41, 5.74) is 3.36. The number of carbonyl (C=O) groups is 4. The van der Waals surface area contributed by atoms with Crippen molar-refractivity contribution in [3.05, 3.63) is 11.1 Å². The number of ketones is 1. The summed E-state index contributed by atoms with van der Waals surface area (Å²) in [4.78, 5) is 59.0. The second-order valence-corrected chi connectivity index (χ2v) is 10.2. The maximum atomic E-state index is 13.1. The molecule has 0 aliphatic carbocycles. The fraction of sp³-hybridized carbons (Fsp3) is 0.529. The first kappa shape index (κ1) is 25.3. The molecular weight excluding hydrogens is 496 g/mol. The van der Waals surface area contributed by atoms with Gasteiger partial charge in [-0.15, -0.1) is 11.3 Å². The molecule has 2 aliphatic rings. The van der Waals surface area contributed by atoms with Gasteiger partial charge in [-0.1, -0.05) is 5.16 Å². The van der Waals surface area contributed by atoms with E-state index in [4.69, 9.17) is 10.6 Å². The molecule has 17 heteroatoms. The molecule has 0 radical (unpaired) electrons. The van der Waals surface area contributed by atoms with Crippen molar-refractivity contribution in [1.29, 1.82) is 0 Å². The Bertz CT molecular complexity index is 1160. The first-order valence-electron chi connectivity index (χ1n) is 9.80. The molecule has 3 rings (SSSR count). The zero-order chi connectivity index (χ0) is 25.4. The number of oxime groups is 1. The molecule has 2 fully saturated rings. The monoisotopic (exact) mass is 518 g/mol. The van der Waals surface area contributed by atoms with Crippen LogP contribution in [0.25, 0.3) is 0 Å². The number of aliphatic carboxylic acids is 1. The number of carboxylic acid groups (broad SMARTS) is 1. The zero-order valence-electron chi connectivity index (χ0n) is 18.0. The van der Waals surface area contributed by atoms with Crippen LogP contribution in [0.3, 0.4) is 0 Å². The number of rotatable bonds is 10. The molecule has 0 spiro atoms. The maximum Gasteiger partial charge on any atom is 0.362 e. The number of thiazole rings is 1. The number of nitrogens with one attached hydrogen (secondary N) is 1. The van der Waals surface area contributed by atoms with Crippen molar-refractivity contribution in [2.75, 3.05) is 25.4 Å². The molecule has 186 valence electrons. The molecule has 1 aromatic heterocycles. The van der Waals surface area contributed by atoms with E-state index in [9.17, 15) is 37.3 Å². The number of β-lactam (4-membered cyclic amide) rings is 1. The lowest BCUT2D eigenvalue weighted by Crippen LogP contribution is -2.66. The van der Waals surface area contributed by atoms with Crippen LogP contribution in [0.2, 0.25) is 0 Å². The predicted octanol–water partition coefficient (Wildman–Crippen LogP) is -1.08. The Morgan fingerprint density at radius 1 is 1.41 bits per heavy atom. The van der Waals surface area contributed by atoms with Crippen LogP contribution in [-0.4, -0.2) is 92.9 Å². The lowest BCUT2D eigenvalue weighted by Gasteiger charge is -2.45. The first-order valence-corrected chi connectivity index (χ1v) is 12.1. The van der Waals surface area contributed by atoms with Crippen molar-refractivity contribution in [3.8, 4) is 0 Å². The third kappa shape index (κ3) is 5.10. The number of Topliss-reactive ketones (excluding diaryl/α,β-unsaturated/α-hetero) is 1. The van der Waals surface area contributed by atoms with Crippen LogP contribution in [0.5, 0.6) is 0 Å². The highest BCUT2D eigenvalue weighted by molar-refractivity contribution is 7.84. The molecule has 0 saturated carbocycles. The first-order chi connectivity index (χ1) is 15.7. The predicted molar refractivity (Wildman–Crippen MR) is 116 cm³/mol. The van der Waals surface area contributed by atoms with Gasteiger partial charge in [-0.05, 0) is 13.8 Å². The highest BCUT2D eigenvalue weighted by Crippen LogP contribution is 2.33. The van der Waals surface area contributed by atoms with Crippen LogP contribution in [0, 0.1) is 5.92 Å². The summed E-state index contributed by atoms with van der Waals surface area (Å²) in [6.07, 6.45) is -0.571. The molecule has 3 heterocycles. The number of carboxylic acids is 1. The van der Waals surface area contributed by atoms with Gasteiger partial charge in [0.15, 0.2) is 16.6 Å². The fourth-order valence-corrected chi connectivity index (χ4v) is 4.79. The highest BCUT2D eigenvalue weighted by Gasteiger charge is 2.55. The number of nitrogen functional groups attached to an aromatic ring is 1. The van der Waals surface area contributed by atoms with E-state index >= 15 is 0 Å².